The first kappa shape index (κ1) is 16.4. The molecule has 0 spiro atoms. The van der Waals surface area contributed by atoms with Gasteiger partial charge in [-0.3, -0.25) is 9.59 Å². The van der Waals surface area contributed by atoms with E-state index in [0.717, 1.165) is 12.0 Å². The summed E-state index contributed by atoms with van der Waals surface area (Å²) < 4.78 is 18.2. The van der Waals surface area contributed by atoms with Crippen LogP contribution in [0.2, 0.25) is 0 Å². The van der Waals surface area contributed by atoms with Gasteiger partial charge in [-0.25, -0.2) is 4.39 Å². The summed E-state index contributed by atoms with van der Waals surface area (Å²) in [5.41, 5.74) is -0.150. The third-order valence-corrected chi connectivity index (χ3v) is 4.27. The zero-order valence-electron chi connectivity index (χ0n) is 12.5. The van der Waals surface area contributed by atoms with Crippen molar-refractivity contribution in [2.75, 3.05) is 13.7 Å². The van der Waals surface area contributed by atoms with Gasteiger partial charge < -0.3 is 15.2 Å². The lowest BCUT2D eigenvalue weighted by atomic mass is 9.66. The van der Waals surface area contributed by atoms with Crippen molar-refractivity contribution >= 4 is 11.9 Å². The van der Waals surface area contributed by atoms with Gasteiger partial charge in [0, 0.05) is 20.1 Å². The molecule has 1 atom stereocenters. The number of carbonyl (C=O) groups excluding carboxylic acids is 1. The fraction of sp³-hybridized carbons (Fsp3) is 0.500. The van der Waals surface area contributed by atoms with Crippen LogP contribution in [0.15, 0.2) is 24.3 Å². The van der Waals surface area contributed by atoms with Crippen LogP contribution in [0.3, 0.4) is 0 Å². The lowest BCUT2D eigenvalue weighted by molar-refractivity contribution is -0.157. The van der Waals surface area contributed by atoms with Crippen LogP contribution in [-0.4, -0.2) is 30.6 Å². The highest BCUT2D eigenvalue weighted by Gasteiger charge is 2.45. The molecule has 0 bridgehead atoms. The molecule has 0 aromatic heterocycles. The van der Waals surface area contributed by atoms with E-state index in [0.29, 0.717) is 12.8 Å². The van der Waals surface area contributed by atoms with Crippen LogP contribution in [0.4, 0.5) is 4.39 Å². The van der Waals surface area contributed by atoms with E-state index in [4.69, 9.17) is 4.74 Å². The zero-order chi connectivity index (χ0) is 16.2. The molecule has 1 aromatic carbocycles. The number of carbonyl (C=O) groups is 2. The Balaban J connectivity index is 1.89. The summed E-state index contributed by atoms with van der Waals surface area (Å²) in [6, 6.07) is 5.86. The number of hydrogen-bond donors (Lipinski definition) is 2. The molecule has 1 saturated carbocycles. The number of carboxylic acids is 1. The number of aliphatic carboxylic acids is 1. The summed E-state index contributed by atoms with van der Waals surface area (Å²) in [5, 5.41) is 11.9. The second-order valence-electron chi connectivity index (χ2n) is 5.70. The lowest BCUT2D eigenvalue weighted by Gasteiger charge is -2.37. The monoisotopic (exact) mass is 309 g/mol. The molecule has 0 radical (unpaired) electrons. The molecule has 120 valence electrons. The van der Waals surface area contributed by atoms with Crippen LogP contribution < -0.4 is 5.32 Å². The smallest absolute Gasteiger partial charge is 0.310 e. The van der Waals surface area contributed by atoms with Crippen LogP contribution in [0.1, 0.15) is 37.4 Å². The molecule has 2 rings (SSSR count). The fourth-order valence-electron chi connectivity index (χ4n) is 2.66. The summed E-state index contributed by atoms with van der Waals surface area (Å²) in [4.78, 5) is 23.2. The predicted molar refractivity (Wildman–Crippen MR) is 77.7 cm³/mol. The van der Waals surface area contributed by atoms with Crippen molar-refractivity contribution in [3.63, 3.8) is 0 Å². The van der Waals surface area contributed by atoms with Gasteiger partial charge in [-0.1, -0.05) is 18.6 Å². The van der Waals surface area contributed by atoms with Gasteiger partial charge >= 0.3 is 5.97 Å². The maximum atomic E-state index is 12.9. The summed E-state index contributed by atoms with van der Waals surface area (Å²) in [6.45, 7) is 0.219. The topological polar surface area (TPSA) is 75.6 Å². The average Bonchev–Trinajstić information content (AvgIpc) is 2.45. The zero-order valence-corrected chi connectivity index (χ0v) is 12.5. The molecule has 5 nitrogen and oxygen atoms in total. The molecule has 1 aliphatic carbocycles. The van der Waals surface area contributed by atoms with Crippen LogP contribution in [0.5, 0.6) is 0 Å². The van der Waals surface area contributed by atoms with Crippen LogP contribution in [0, 0.1) is 11.2 Å². The molecule has 2 N–H and O–H groups in total. The first-order chi connectivity index (χ1) is 10.5. The average molecular weight is 309 g/mol. The van der Waals surface area contributed by atoms with Gasteiger partial charge in [-0.05, 0) is 30.5 Å². The normalized spacial score (nSPS) is 17.4. The standard InChI is InChI=1S/C16H20FNO4/c1-22-13(11-3-5-12(17)6-4-11)10-18-14(19)9-16(15(20)21)7-2-8-16/h3-6,13H,2,7-10H2,1H3,(H,18,19)(H,20,21). The number of ether oxygens (including phenoxy) is 1. The molecule has 6 heteroatoms. The van der Waals surface area contributed by atoms with Crippen LogP contribution in [0.25, 0.3) is 0 Å². The summed E-state index contributed by atoms with van der Waals surface area (Å²) in [6.07, 6.45) is 1.52. The van der Waals surface area contributed by atoms with Crippen LogP contribution in [-0.2, 0) is 14.3 Å². The molecule has 0 aliphatic heterocycles. The number of rotatable bonds is 7. The number of nitrogens with one attached hydrogen (secondary N) is 1. The number of methoxy groups -OCH3 is 1. The van der Waals surface area contributed by atoms with Crippen molar-refractivity contribution < 1.29 is 23.8 Å². The number of hydrogen-bond acceptors (Lipinski definition) is 3. The maximum absolute atomic E-state index is 12.9. The molecule has 1 amide bonds. The second-order valence-corrected chi connectivity index (χ2v) is 5.70. The van der Waals surface area contributed by atoms with Gasteiger partial charge in [-0.15, -0.1) is 0 Å². The van der Waals surface area contributed by atoms with Crippen molar-refractivity contribution in [2.45, 2.75) is 31.8 Å². The van der Waals surface area contributed by atoms with Gasteiger partial charge in [0.15, 0.2) is 0 Å². The minimum absolute atomic E-state index is 0.0117. The summed E-state index contributed by atoms with van der Waals surface area (Å²) in [7, 11) is 1.50. The van der Waals surface area contributed by atoms with E-state index in [-0.39, 0.29) is 24.7 Å². The Hall–Kier alpha value is -1.95. The molecule has 1 unspecified atom stereocenters. The van der Waals surface area contributed by atoms with E-state index in [1.165, 1.54) is 19.2 Å². The first-order valence-electron chi connectivity index (χ1n) is 7.25. The van der Waals surface area contributed by atoms with E-state index >= 15 is 0 Å². The van der Waals surface area contributed by atoms with Gasteiger partial charge in [0.2, 0.25) is 5.91 Å². The highest BCUT2D eigenvalue weighted by atomic mass is 19.1. The van der Waals surface area contributed by atoms with E-state index in [1.54, 1.807) is 12.1 Å². The summed E-state index contributed by atoms with van der Waals surface area (Å²) in [5.74, 6) is -1.54. The Morgan fingerprint density at radius 2 is 2.00 bits per heavy atom. The molecular formula is C16H20FNO4. The SMILES string of the molecule is COC(CNC(=O)CC1(C(=O)O)CCC1)c1ccc(F)cc1. The maximum Gasteiger partial charge on any atom is 0.310 e. The minimum Gasteiger partial charge on any atom is -0.481 e. The number of benzene rings is 1. The molecule has 1 aromatic rings. The van der Waals surface area contributed by atoms with Gasteiger partial charge in [0.05, 0.1) is 11.5 Å². The lowest BCUT2D eigenvalue weighted by Crippen LogP contribution is -2.43. The first-order valence-corrected chi connectivity index (χ1v) is 7.25. The quantitative estimate of drug-likeness (QED) is 0.810. The van der Waals surface area contributed by atoms with Gasteiger partial charge in [0.25, 0.3) is 0 Å². The van der Waals surface area contributed by atoms with Crippen molar-refractivity contribution in [3.8, 4) is 0 Å². The third kappa shape index (κ3) is 3.62. The Morgan fingerprint density at radius 3 is 2.45 bits per heavy atom. The third-order valence-electron chi connectivity index (χ3n) is 4.27. The van der Waals surface area contributed by atoms with Gasteiger partial charge in [-0.2, -0.15) is 0 Å². The van der Waals surface area contributed by atoms with Crippen molar-refractivity contribution in [2.24, 2.45) is 5.41 Å². The molecule has 1 aliphatic rings. The Labute approximate surface area is 128 Å². The minimum atomic E-state index is -0.907. The van der Waals surface area contributed by atoms with Crippen molar-refractivity contribution in [3.05, 3.63) is 35.6 Å². The van der Waals surface area contributed by atoms with Crippen molar-refractivity contribution in [1.29, 1.82) is 0 Å². The Bertz CT molecular complexity index is 540. The number of halogens is 1. The second kappa shape index (κ2) is 6.87. The molecule has 0 heterocycles. The molecule has 22 heavy (non-hydrogen) atoms. The van der Waals surface area contributed by atoms with E-state index in [9.17, 15) is 19.1 Å². The Kier molecular flexibility index (Phi) is 5.13. The van der Waals surface area contributed by atoms with Crippen LogP contribution >= 0.6 is 0 Å². The number of amides is 1. The summed E-state index contributed by atoms with van der Waals surface area (Å²) >= 11 is 0. The highest BCUT2D eigenvalue weighted by molar-refractivity contribution is 5.85. The predicted octanol–water partition coefficient (Wildman–Crippen LogP) is 2.27. The number of carboxylic acid groups (broad SMARTS) is 1. The highest BCUT2D eigenvalue weighted by Crippen LogP contribution is 2.44. The van der Waals surface area contributed by atoms with Gasteiger partial charge in [0.1, 0.15) is 5.82 Å². The Morgan fingerprint density at radius 1 is 1.36 bits per heavy atom. The fourth-order valence-corrected chi connectivity index (χ4v) is 2.66. The van der Waals surface area contributed by atoms with Crippen molar-refractivity contribution in [1.82, 2.24) is 5.32 Å². The molecule has 0 saturated heterocycles. The largest absolute Gasteiger partial charge is 0.481 e. The van der Waals surface area contributed by atoms with E-state index in [1.807, 2.05) is 0 Å². The molecular weight excluding hydrogens is 289 g/mol. The van der Waals surface area contributed by atoms with E-state index in [2.05, 4.69) is 5.32 Å². The molecule has 1 fully saturated rings. The van der Waals surface area contributed by atoms with E-state index < -0.39 is 17.5 Å².